The van der Waals surface area contributed by atoms with Crippen molar-refractivity contribution >= 4 is 17.7 Å². The van der Waals surface area contributed by atoms with Crippen LogP contribution in [0.15, 0.2) is 36.5 Å². The van der Waals surface area contributed by atoms with E-state index in [0.29, 0.717) is 11.4 Å². The third kappa shape index (κ3) is 3.66. The molecule has 0 aliphatic carbocycles. The monoisotopic (exact) mass is 284 g/mol. The minimum absolute atomic E-state index is 0.114. The van der Waals surface area contributed by atoms with Crippen molar-refractivity contribution in [3.8, 4) is 0 Å². The second-order valence-electron chi connectivity index (χ2n) is 4.84. The average molecular weight is 284 g/mol. The smallest absolute Gasteiger partial charge is 0.335 e. The van der Waals surface area contributed by atoms with E-state index >= 15 is 0 Å². The summed E-state index contributed by atoms with van der Waals surface area (Å²) in [6.07, 6.45) is 1.72. The van der Waals surface area contributed by atoms with Gasteiger partial charge in [-0.1, -0.05) is 12.1 Å². The summed E-state index contributed by atoms with van der Waals surface area (Å²) < 4.78 is 0. The number of carboxylic acids is 1. The molecule has 0 radical (unpaired) electrons. The van der Waals surface area contributed by atoms with Crippen LogP contribution < -0.4 is 5.32 Å². The van der Waals surface area contributed by atoms with E-state index in [1.807, 2.05) is 19.9 Å². The molecule has 1 aromatic carbocycles. The highest BCUT2D eigenvalue weighted by molar-refractivity contribution is 5.93. The Balaban J connectivity index is 2.15. The molecular formula is C16H16N2O3. The first kappa shape index (κ1) is 14.7. The molecule has 0 saturated carbocycles. The molecule has 2 aromatic rings. The molecule has 21 heavy (non-hydrogen) atoms. The summed E-state index contributed by atoms with van der Waals surface area (Å²) in [5, 5.41) is 11.7. The number of aryl methyl sites for hydroxylation is 2. The van der Waals surface area contributed by atoms with E-state index < -0.39 is 5.97 Å². The van der Waals surface area contributed by atoms with Gasteiger partial charge in [-0.3, -0.25) is 4.79 Å². The molecule has 0 aliphatic heterocycles. The van der Waals surface area contributed by atoms with Crippen molar-refractivity contribution in [2.75, 3.05) is 5.32 Å². The van der Waals surface area contributed by atoms with Crippen LogP contribution in [0.1, 0.15) is 27.0 Å². The van der Waals surface area contributed by atoms with E-state index in [1.165, 1.54) is 12.1 Å². The number of aromatic nitrogens is 1. The van der Waals surface area contributed by atoms with Crippen LogP contribution in [0.3, 0.4) is 0 Å². The molecule has 2 rings (SSSR count). The maximum absolute atomic E-state index is 12.1. The fourth-order valence-corrected chi connectivity index (χ4v) is 1.96. The lowest BCUT2D eigenvalue weighted by Gasteiger charge is -2.09. The van der Waals surface area contributed by atoms with Gasteiger partial charge in [0.2, 0.25) is 5.91 Å². The number of nitrogens with zero attached hydrogens (tertiary/aromatic N) is 1. The quantitative estimate of drug-likeness (QED) is 0.904. The lowest BCUT2D eigenvalue weighted by Crippen LogP contribution is -2.17. The standard InChI is InChI=1S/C16H16N2O3/c1-10-5-6-12(16(20)21)8-13(10)9-14(19)18-15-11(2)4-3-7-17-15/h3-8H,9H2,1-2H3,(H,20,21)(H,17,18,19). The molecule has 5 heteroatoms. The van der Waals surface area contributed by atoms with Crippen LogP contribution in [0.5, 0.6) is 0 Å². The van der Waals surface area contributed by atoms with E-state index in [0.717, 1.165) is 11.1 Å². The number of carbonyl (C=O) groups is 2. The zero-order chi connectivity index (χ0) is 15.4. The first-order valence-corrected chi connectivity index (χ1v) is 6.51. The molecule has 0 saturated heterocycles. The molecule has 0 atom stereocenters. The maximum atomic E-state index is 12.1. The third-order valence-corrected chi connectivity index (χ3v) is 3.21. The topological polar surface area (TPSA) is 79.3 Å². The molecule has 108 valence electrons. The van der Waals surface area contributed by atoms with Crippen molar-refractivity contribution in [1.29, 1.82) is 0 Å². The lowest BCUT2D eigenvalue weighted by molar-refractivity contribution is -0.115. The number of pyridine rings is 1. The first-order chi connectivity index (χ1) is 9.97. The second-order valence-corrected chi connectivity index (χ2v) is 4.84. The van der Waals surface area contributed by atoms with Gasteiger partial charge in [0.15, 0.2) is 0 Å². The van der Waals surface area contributed by atoms with Gasteiger partial charge in [-0.05, 0) is 48.7 Å². The maximum Gasteiger partial charge on any atom is 0.335 e. The Morgan fingerprint density at radius 3 is 2.62 bits per heavy atom. The summed E-state index contributed by atoms with van der Waals surface area (Å²) in [5.41, 5.74) is 2.63. The van der Waals surface area contributed by atoms with Crippen molar-refractivity contribution < 1.29 is 14.7 Å². The minimum atomic E-state index is -1.00. The lowest BCUT2D eigenvalue weighted by atomic mass is 10.0. The van der Waals surface area contributed by atoms with Crippen molar-refractivity contribution in [1.82, 2.24) is 4.98 Å². The Hall–Kier alpha value is -2.69. The van der Waals surface area contributed by atoms with Gasteiger partial charge >= 0.3 is 5.97 Å². The van der Waals surface area contributed by atoms with Gasteiger partial charge in [0, 0.05) is 6.20 Å². The van der Waals surface area contributed by atoms with Crippen LogP contribution >= 0.6 is 0 Å². The van der Waals surface area contributed by atoms with E-state index in [-0.39, 0.29) is 17.9 Å². The largest absolute Gasteiger partial charge is 0.478 e. The van der Waals surface area contributed by atoms with Gasteiger partial charge in [-0.15, -0.1) is 0 Å². The van der Waals surface area contributed by atoms with Gasteiger partial charge in [-0.2, -0.15) is 0 Å². The number of hydrogen-bond donors (Lipinski definition) is 2. The molecule has 0 spiro atoms. The van der Waals surface area contributed by atoms with Gasteiger partial charge in [0.05, 0.1) is 12.0 Å². The molecule has 1 heterocycles. The van der Waals surface area contributed by atoms with Crippen LogP contribution in [0.25, 0.3) is 0 Å². The molecule has 5 nitrogen and oxygen atoms in total. The molecular weight excluding hydrogens is 268 g/mol. The number of amides is 1. The van der Waals surface area contributed by atoms with E-state index in [1.54, 1.807) is 18.3 Å². The van der Waals surface area contributed by atoms with E-state index in [9.17, 15) is 9.59 Å². The molecule has 0 aliphatic rings. The van der Waals surface area contributed by atoms with E-state index in [4.69, 9.17) is 5.11 Å². The fraction of sp³-hybridized carbons (Fsp3) is 0.188. The van der Waals surface area contributed by atoms with Crippen molar-refractivity contribution in [3.63, 3.8) is 0 Å². The number of anilines is 1. The number of nitrogens with one attached hydrogen (secondary N) is 1. The number of benzene rings is 1. The highest BCUT2D eigenvalue weighted by atomic mass is 16.4. The zero-order valence-corrected chi connectivity index (χ0v) is 11.9. The summed E-state index contributed by atoms with van der Waals surface area (Å²) >= 11 is 0. The van der Waals surface area contributed by atoms with Crippen LogP contribution in [0.4, 0.5) is 5.82 Å². The summed E-state index contributed by atoms with van der Waals surface area (Å²) in [6.45, 7) is 3.71. The zero-order valence-electron chi connectivity index (χ0n) is 11.9. The first-order valence-electron chi connectivity index (χ1n) is 6.51. The highest BCUT2D eigenvalue weighted by Gasteiger charge is 2.11. The molecule has 1 amide bonds. The molecule has 2 N–H and O–H groups in total. The Labute approximate surface area is 122 Å². The van der Waals surface area contributed by atoms with Gasteiger partial charge in [0.25, 0.3) is 0 Å². The summed E-state index contributed by atoms with van der Waals surface area (Å²) in [7, 11) is 0. The van der Waals surface area contributed by atoms with Crippen molar-refractivity contribution in [2.45, 2.75) is 20.3 Å². The van der Waals surface area contributed by atoms with Crippen LogP contribution in [0, 0.1) is 13.8 Å². The van der Waals surface area contributed by atoms with Crippen LogP contribution in [-0.2, 0) is 11.2 Å². The normalized spacial score (nSPS) is 10.2. The predicted octanol–water partition coefficient (Wildman–Crippen LogP) is 2.58. The number of rotatable bonds is 4. The molecule has 0 bridgehead atoms. The summed E-state index contributed by atoms with van der Waals surface area (Å²) in [6, 6.07) is 8.42. The third-order valence-electron chi connectivity index (χ3n) is 3.21. The minimum Gasteiger partial charge on any atom is -0.478 e. The Morgan fingerprint density at radius 1 is 1.19 bits per heavy atom. The molecule has 1 aromatic heterocycles. The second kappa shape index (κ2) is 6.17. The molecule has 0 unspecified atom stereocenters. The molecule has 0 fully saturated rings. The number of carboxylic acid groups (broad SMARTS) is 1. The average Bonchev–Trinajstić information content (AvgIpc) is 2.43. The van der Waals surface area contributed by atoms with Crippen molar-refractivity contribution in [3.05, 3.63) is 58.8 Å². The summed E-state index contributed by atoms with van der Waals surface area (Å²) in [5.74, 6) is -0.700. The highest BCUT2D eigenvalue weighted by Crippen LogP contribution is 2.14. The SMILES string of the molecule is Cc1ccc(C(=O)O)cc1CC(=O)Nc1ncccc1C. The van der Waals surface area contributed by atoms with Gasteiger partial charge in [-0.25, -0.2) is 9.78 Å². The Morgan fingerprint density at radius 2 is 1.95 bits per heavy atom. The Bertz CT molecular complexity index is 696. The van der Waals surface area contributed by atoms with Gasteiger partial charge < -0.3 is 10.4 Å². The van der Waals surface area contributed by atoms with Crippen LogP contribution in [-0.4, -0.2) is 22.0 Å². The van der Waals surface area contributed by atoms with Crippen molar-refractivity contribution in [2.24, 2.45) is 0 Å². The number of hydrogen-bond acceptors (Lipinski definition) is 3. The number of carbonyl (C=O) groups excluding carboxylic acids is 1. The Kier molecular flexibility index (Phi) is 4.33. The summed E-state index contributed by atoms with van der Waals surface area (Å²) in [4.78, 5) is 27.1. The number of aromatic carboxylic acids is 1. The van der Waals surface area contributed by atoms with E-state index in [2.05, 4.69) is 10.3 Å². The van der Waals surface area contributed by atoms with Gasteiger partial charge in [0.1, 0.15) is 5.82 Å². The predicted molar refractivity (Wildman–Crippen MR) is 79.4 cm³/mol. The fourth-order valence-electron chi connectivity index (χ4n) is 1.96. The van der Waals surface area contributed by atoms with Crippen LogP contribution in [0.2, 0.25) is 0 Å².